The number of rotatable bonds is 21. The number of amides is 3. The van der Waals surface area contributed by atoms with Gasteiger partial charge in [0.1, 0.15) is 24.4 Å². The summed E-state index contributed by atoms with van der Waals surface area (Å²) < 4.78 is 10.1. The molecule has 0 fully saturated rings. The summed E-state index contributed by atoms with van der Waals surface area (Å²) in [5.74, 6) is -4.82. The zero-order chi connectivity index (χ0) is 91.7. The van der Waals surface area contributed by atoms with Gasteiger partial charge in [-0.2, -0.15) is 0 Å². The molecule has 21 nitrogen and oxygen atoms in total. The van der Waals surface area contributed by atoms with Crippen molar-refractivity contribution in [1.82, 2.24) is 0 Å². The molecule has 0 aromatic heterocycles. The van der Waals surface area contributed by atoms with Crippen molar-refractivity contribution in [2.24, 2.45) is 0 Å². The van der Waals surface area contributed by atoms with Gasteiger partial charge >= 0.3 is 29.8 Å². The number of nitrogens with one attached hydrogen (secondary N) is 1. The second-order valence-electron chi connectivity index (χ2n) is 27.4. The molecule has 0 aliphatic heterocycles. The van der Waals surface area contributed by atoms with Crippen molar-refractivity contribution in [3.05, 3.63) is 379 Å². The van der Waals surface area contributed by atoms with E-state index in [1.165, 1.54) is 15.9 Å². The van der Waals surface area contributed by atoms with E-state index in [1.54, 1.807) is 139 Å². The number of hydrogen-bond donors (Lipinski definition) is 7. The third-order valence-electron chi connectivity index (χ3n) is 18.7. The third kappa shape index (κ3) is 29.9. The van der Waals surface area contributed by atoms with Crippen LogP contribution in [-0.4, -0.2) is 106 Å². The van der Waals surface area contributed by atoms with Crippen LogP contribution in [0.25, 0.3) is 24.3 Å². The maximum Gasteiger partial charge on any atom is 0.339 e. The number of esters is 2. The first-order valence-corrected chi connectivity index (χ1v) is 39.1. The Morgan fingerprint density at radius 1 is 0.358 bits per heavy atom. The number of aldehydes is 1. The third-order valence-corrected chi connectivity index (χ3v) is 18.8. The zero-order valence-electron chi connectivity index (χ0n) is 71.5. The number of nitrogen functional groups attached to an aromatic ring is 2. The number of carbonyl (C=O) groups is 10. The SMILES string of the molecule is C=Cc1cccc(C)c1C(=O)Cl.C=Cc1cccc(C)c1C(=O)N(CC(=O)OCC)c1ccccc1C.C=Cc1cccc(C)c1C(=O)Nc1ccccc1C.C=Cc1cccc(C)c1C(=O)O.CCOC(=O)CN(C(=O)c1c(C)cccc1C=O)c1ccccc1C.Cc1cccc(N)c1C(=O)O.Cc1cccc(O)c1C(=O)O.Cc1ccccc1N. The molecule has 11 aromatic carbocycles. The lowest BCUT2D eigenvalue weighted by Crippen LogP contribution is -2.38. The minimum absolute atomic E-state index is 0.0208. The highest BCUT2D eigenvalue weighted by Crippen LogP contribution is 2.29. The van der Waals surface area contributed by atoms with Gasteiger partial charge in [-0.3, -0.25) is 43.4 Å². The number of nitrogens with zero attached hydrogens (tertiary/aromatic N) is 2. The Balaban J connectivity index is 0.000000304. The topological polar surface area (TPSA) is 341 Å². The van der Waals surface area contributed by atoms with Gasteiger partial charge in [0.15, 0.2) is 6.29 Å². The van der Waals surface area contributed by atoms with Gasteiger partial charge in [0.25, 0.3) is 23.0 Å². The summed E-state index contributed by atoms with van der Waals surface area (Å²) in [4.78, 5) is 120. The van der Waals surface area contributed by atoms with Gasteiger partial charge in [0, 0.05) is 45.1 Å². The highest BCUT2D eigenvalue weighted by atomic mass is 35.5. The fourth-order valence-corrected chi connectivity index (χ4v) is 12.5. The number of nitrogens with two attached hydrogens (primary N) is 2. The van der Waals surface area contributed by atoms with E-state index in [0.29, 0.717) is 79.0 Å². The minimum atomic E-state index is -1.10. The van der Waals surface area contributed by atoms with Gasteiger partial charge in [-0.1, -0.05) is 239 Å². The van der Waals surface area contributed by atoms with Crippen LogP contribution in [0.1, 0.15) is 180 Å². The number of carboxylic acid groups (broad SMARTS) is 3. The number of carboxylic acids is 3. The normalized spacial score (nSPS) is 9.84. The van der Waals surface area contributed by atoms with Gasteiger partial charge in [-0.25, -0.2) is 14.4 Å². The summed E-state index contributed by atoms with van der Waals surface area (Å²) in [6.07, 6.45) is 7.19. The summed E-state index contributed by atoms with van der Waals surface area (Å²) in [7, 11) is 0. The van der Waals surface area contributed by atoms with Crippen LogP contribution < -0.4 is 26.6 Å². The van der Waals surface area contributed by atoms with Crippen LogP contribution in [-0.2, 0) is 19.1 Å². The van der Waals surface area contributed by atoms with E-state index in [-0.39, 0.29) is 55.0 Å². The molecule has 0 bridgehead atoms. The Kier molecular flexibility index (Phi) is 41.5. The van der Waals surface area contributed by atoms with Crippen molar-refractivity contribution in [3.8, 4) is 5.75 Å². The van der Waals surface area contributed by atoms with Crippen molar-refractivity contribution < 1.29 is 77.8 Å². The lowest BCUT2D eigenvalue weighted by molar-refractivity contribution is -0.142. The standard InChI is InChI=1S/C21H23NO3.C20H21NO4.C17H17NO.C10H9ClO.C10H10O2.C8H9NO2.C8H8O3.C7H9N/c1-5-17-12-9-11-16(4)20(17)21(24)22(14-19(23)25-6-2)18-13-8-7-10-15(18)3;1-4-25-18(23)12-21(17-11-6-5-8-14(17)2)20(24)19-15(3)9-7-10-16(19)13-22;1-4-14-10-7-9-13(3)16(14)17(19)18-15-11-6-5-8-12(15)2;2*1-3-8-6-4-5-7(2)9(8)10(11)12;2*1-5-3-2-4-6(9)7(5)8(10)11;1-6-4-2-3-5-7(6)8/h5,7-13H,1,6,14H2,2-4H3;5-11,13H,4,12H2,1-3H3;4-11H,1H2,2-3H3,(H,18,19);3-6H,1H2,2H3;3-6H,1H2,2H3,(H,11,12);2-4H,9H2,1H3,(H,10,11);2-4,9H,1H3,(H,10,11);2-5H,8H2,1H3. The number of halogens is 1. The fraction of sp³-hybridized carbons (Fsp3) is 0.168. The predicted molar refractivity (Wildman–Crippen MR) is 495 cm³/mol. The molecule has 11 rings (SSSR count). The van der Waals surface area contributed by atoms with E-state index in [1.807, 2.05) is 194 Å². The molecule has 11 aromatic rings. The van der Waals surface area contributed by atoms with Gasteiger partial charge in [-0.05, 0) is 221 Å². The number of anilines is 5. The molecule has 0 saturated heterocycles. The Morgan fingerprint density at radius 2 is 0.659 bits per heavy atom. The monoisotopic (exact) mass is 1680 g/mol. The number of para-hydroxylation sites is 4. The van der Waals surface area contributed by atoms with E-state index < -0.39 is 41.0 Å². The molecule has 638 valence electrons. The van der Waals surface area contributed by atoms with Gasteiger partial charge < -0.3 is 46.7 Å². The number of ether oxygens (including phenoxy) is 2. The lowest BCUT2D eigenvalue weighted by atomic mass is 10.00. The number of aromatic carboxylic acids is 3. The molecule has 0 aliphatic carbocycles. The van der Waals surface area contributed by atoms with E-state index in [0.717, 1.165) is 72.6 Å². The number of aromatic hydroxyl groups is 1. The summed E-state index contributed by atoms with van der Waals surface area (Å²) in [6.45, 7) is 38.6. The number of benzene rings is 11. The highest BCUT2D eigenvalue weighted by Gasteiger charge is 2.28. The van der Waals surface area contributed by atoms with E-state index in [4.69, 9.17) is 53.0 Å². The van der Waals surface area contributed by atoms with Crippen LogP contribution >= 0.6 is 11.6 Å². The van der Waals surface area contributed by atoms with Crippen LogP contribution in [0.15, 0.2) is 251 Å². The van der Waals surface area contributed by atoms with Crippen molar-refractivity contribution in [3.63, 3.8) is 0 Å². The summed E-state index contributed by atoms with van der Waals surface area (Å²) >= 11 is 5.41. The van der Waals surface area contributed by atoms with Gasteiger partial charge in [0.05, 0.1) is 35.5 Å². The first-order valence-electron chi connectivity index (χ1n) is 38.7. The maximum absolute atomic E-state index is 13.3. The Labute approximate surface area is 724 Å². The number of aryl methyl sites for hydroxylation is 11. The van der Waals surface area contributed by atoms with Gasteiger partial charge in [0.2, 0.25) is 0 Å². The quantitative estimate of drug-likeness (QED) is 0.0152. The summed E-state index contributed by atoms with van der Waals surface area (Å²) in [5, 5.41) is 37.7. The maximum atomic E-state index is 13.3. The van der Waals surface area contributed by atoms with Crippen molar-refractivity contribution in [1.29, 1.82) is 0 Å². The first kappa shape index (κ1) is 101. The van der Waals surface area contributed by atoms with Crippen LogP contribution in [0.4, 0.5) is 28.4 Å². The molecule has 0 atom stereocenters. The van der Waals surface area contributed by atoms with Crippen LogP contribution in [0, 0.1) is 76.2 Å². The molecule has 22 heteroatoms. The largest absolute Gasteiger partial charge is 0.507 e. The molecule has 0 heterocycles. The van der Waals surface area contributed by atoms with E-state index >= 15 is 0 Å². The summed E-state index contributed by atoms with van der Waals surface area (Å²) in [5.41, 5.74) is 29.6. The Bertz CT molecular complexity index is 5310. The van der Waals surface area contributed by atoms with E-state index in [9.17, 15) is 47.9 Å². The predicted octanol–water partition coefficient (Wildman–Crippen LogP) is 21.3. The minimum Gasteiger partial charge on any atom is -0.507 e. The van der Waals surface area contributed by atoms with E-state index in [2.05, 4.69) is 31.6 Å². The molecular formula is C101H106ClN5O16. The molecular weight excluding hydrogens is 1570 g/mol. The average Bonchev–Trinajstić information content (AvgIpc) is 0.786. The molecule has 0 unspecified atom stereocenters. The van der Waals surface area contributed by atoms with Crippen LogP contribution in [0.2, 0.25) is 0 Å². The lowest BCUT2D eigenvalue weighted by Gasteiger charge is -2.25. The smallest absolute Gasteiger partial charge is 0.339 e. The molecule has 0 aliphatic rings. The first-order chi connectivity index (χ1) is 58.5. The van der Waals surface area contributed by atoms with Crippen molar-refractivity contribution in [2.45, 2.75) is 90.0 Å². The molecule has 3 amide bonds. The fourth-order valence-electron chi connectivity index (χ4n) is 12.3. The van der Waals surface area contributed by atoms with Crippen molar-refractivity contribution in [2.75, 3.05) is 52.9 Å². The molecule has 0 spiro atoms. The summed E-state index contributed by atoms with van der Waals surface area (Å²) in [6, 6.07) is 67.3. The second-order valence-corrected chi connectivity index (χ2v) is 27.8. The van der Waals surface area contributed by atoms with Crippen LogP contribution in [0.3, 0.4) is 0 Å². The van der Waals surface area contributed by atoms with Crippen LogP contribution in [0.5, 0.6) is 5.75 Å². The highest BCUT2D eigenvalue weighted by molar-refractivity contribution is 6.68. The van der Waals surface area contributed by atoms with Crippen molar-refractivity contribution >= 4 is 123 Å². The number of carbonyl (C=O) groups excluding carboxylic acids is 7. The second kappa shape index (κ2) is 50.8. The zero-order valence-corrected chi connectivity index (χ0v) is 72.3. The molecule has 123 heavy (non-hydrogen) atoms. The average molecular weight is 1680 g/mol. The Hall–Kier alpha value is -14.8. The Morgan fingerprint density at radius 3 is 0.984 bits per heavy atom. The molecule has 0 radical (unpaired) electrons. The van der Waals surface area contributed by atoms with Gasteiger partial charge in [-0.15, -0.1) is 0 Å². The molecule has 0 saturated carbocycles. The molecule has 9 N–H and O–H groups in total. The number of phenols is 1. The number of hydrogen-bond acceptors (Lipinski definition) is 15.